The Morgan fingerprint density at radius 2 is 1.78 bits per heavy atom. The molecule has 6 nitrogen and oxygen atoms in total. The van der Waals surface area contributed by atoms with Gasteiger partial charge in [0.15, 0.2) is 11.6 Å². The summed E-state index contributed by atoms with van der Waals surface area (Å²) < 4.78 is 11.2. The van der Waals surface area contributed by atoms with Gasteiger partial charge in [0.1, 0.15) is 0 Å². The van der Waals surface area contributed by atoms with Gasteiger partial charge in [0.2, 0.25) is 0 Å². The zero-order valence-electron chi connectivity index (χ0n) is 17.2. The van der Waals surface area contributed by atoms with Gasteiger partial charge in [-0.2, -0.15) is 0 Å². The van der Waals surface area contributed by atoms with Crippen molar-refractivity contribution >= 4 is 22.7 Å². The van der Waals surface area contributed by atoms with Crippen LogP contribution in [0.15, 0.2) is 24.3 Å². The molecule has 27 heavy (non-hydrogen) atoms. The van der Waals surface area contributed by atoms with Crippen LogP contribution in [-0.4, -0.2) is 55.5 Å². The van der Waals surface area contributed by atoms with E-state index in [-0.39, 0.29) is 17.6 Å². The van der Waals surface area contributed by atoms with Gasteiger partial charge >= 0.3 is 0 Å². The SMILES string of the molecule is COCCC(C)(C)CNc1nc2ccccc2nc1N1CC(C)OC(C)C1. The van der Waals surface area contributed by atoms with Crippen molar-refractivity contribution in [3.63, 3.8) is 0 Å². The van der Waals surface area contributed by atoms with Crippen LogP contribution in [0.1, 0.15) is 34.1 Å². The zero-order valence-corrected chi connectivity index (χ0v) is 17.2. The number of morpholine rings is 1. The summed E-state index contributed by atoms with van der Waals surface area (Å²) in [7, 11) is 1.75. The largest absolute Gasteiger partial charge is 0.385 e. The smallest absolute Gasteiger partial charge is 0.172 e. The molecule has 0 bridgehead atoms. The molecule has 2 atom stereocenters. The van der Waals surface area contributed by atoms with Gasteiger partial charge in [-0.15, -0.1) is 0 Å². The third-order valence-corrected chi connectivity index (χ3v) is 4.99. The lowest BCUT2D eigenvalue weighted by Gasteiger charge is -2.37. The van der Waals surface area contributed by atoms with Crippen LogP contribution >= 0.6 is 0 Å². The molecule has 0 amide bonds. The zero-order chi connectivity index (χ0) is 19.4. The quantitative estimate of drug-likeness (QED) is 0.799. The highest BCUT2D eigenvalue weighted by molar-refractivity contribution is 5.80. The maximum Gasteiger partial charge on any atom is 0.172 e. The first kappa shape index (κ1) is 19.8. The Labute approximate surface area is 162 Å². The standard InChI is InChI=1S/C21H32N4O2/c1-15-12-25(13-16(2)27-15)20-19(22-14-21(3,4)10-11-26-5)23-17-8-6-7-9-18(17)24-20/h6-9,15-16H,10-14H2,1-5H3,(H,22,23). The fourth-order valence-electron chi connectivity index (χ4n) is 3.47. The lowest BCUT2D eigenvalue weighted by molar-refractivity contribution is -0.00541. The fourth-order valence-corrected chi connectivity index (χ4v) is 3.47. The molecule has 3 rings (SSSR count). The van der Waals surface area contributed by atoms with Gasteiger partial charge in [-0.25, -0.2) is 9.97 Å². The fraction of sp³-hybridized carbons (Fsp3) is 0.619. The monoisotopic (exact) mass is 372 g/mol. The summed E-state index contributed by atoms with van der Waals surface area (Å²) in [6, 6.07) is 8.04. The van der Waals surface area contributed by atoms with Gasteiger partial charge in [0.05, 0.1) is 23.2 Å². The Hall–Kier alpha value is -1.92. The van der Waals surface area contributed by atoms with E-state index in [0.717, 1.165) is 55.3 Å². The molecule has 2 unspecified atom stereocenters. The second kappa shape index (κ2) is 8.40. The number of methoxy groups -OCH3 is 1. The highest BCUT2D eigenvalue weighted by Gasteiger charge is 2.27. The molecule has 0 aliphatic carbocycles. The molecule has 0 spiro atoms. The van der Waals surface area contributed by atoms with Gasteiger partial charge < -0.3 is 19.7 Å². The highest BCUT2D eigenvalue weighted by Crippen LogP contribution is 2.29. The number of aromatic nitrogens is 2. The molecule has 1 fully saturated rings. The molecule has 0 radical (unpaired) electrons. The van der Waals surface area contributed by atoms with Gasteiger partial charge in [0, 0.05) is 33.4 Å². The number of nitrogens with one attached hydrogen (secondary N) is 1. The molecule has 148 valence electrons. The Morgan fingerprint density at radius 1 is 1.15 bits per heavy atom. The van der Waals surface area contributed by atoms with E-state index in [0.29, 0.717) is 0 Å². The van der Waals surface area contributed by atoms with Crippen molar-refractivity contribution in [2.75, 3.05) is 43.6 Å². The first-order valence-corrected chi connectivity index (χ1v) is 9.78. The highest BCUT2D eigenvalue weighted by atomic mass is 16.5. The number of hydrogen-bond donors (Lipinski definition) is 1. The summed E-state index contributed by atoms with van der Waals surface area (Å²) >= 11 is 0. The number of para-hydroxylation sites is 2. The summed E-state index contributed by atoms with van der Waals surface area (Å²) in [4.78, 5) is 12.1. The summed E-state index contributed by atoms with van der Waals surface area (Å²) in [6.45, 7) is 11.9. The number of ether oxygens (including phenoxy) is 2. The van der Waals surface area contributed by atoms with Crippen LogP contribution in [0.2, 0.25) is 0 Å². The second-order valence-corrected chi connectivity index (χ2v) is 8.31. The number of fused-ring (bicyclic) bond motifs is 1. The van der Waals surface area contributed by atoms with E-state index < -0.39 is 0 Å². The number of anilines is 2. The predicted octanol–water partition coefficient (Wildman–Crippen LogP) is 3.72. The minimum atomic E-state index is 0.103. The third-order valence-electron chi connectivity index (χ3n) is 4.99. The number of benzene rings is 1. The van der Waals surface area contributed by atoms with Crippen LogP contribution in [0.25, 0.3) is 11.0 Å². The van der Waals surface area contributed by atoms with Crippen LogP contribution in [0.4, 0.5) is 11.6 Å². The second-order valence-electron chi connectivity index (χ2n) is 8.31. The summed E-state index contributed by atoms with van der Waals surface area (Å²) in [5.41, 5.74) is 1.93. The Kier molecular flexibility index (Phi) is 6.17. The average Bonchev–Trinajstić information content (AvgIpc) is 2.63. The van der Waals surface area contributed by atoms with Crippen molar-refractivity contribution in [1.29, 1.82) is 0 Å². The molecule has 1 aliphatic heterocycles. The molecule has 2 heterocycles. The minimum Gasteiger partial charge on any atom is -0.385 e. The molecule has 1 N–H and O–H groups in total. The number of nitrogens with zero attached hydrogens (tertiary/aromatic N) is 3. The van der Waals surface area contributed by atoms with Crippen LogP contribution < -0.4 is 10.2 Å². The maximum atomic E-state index is 5.90. The number of hydrogen-bond acceptors (Lipinski definition) is 6. The first-order valence-electron chi connectivity index (χ1n) is 9.78. The van der Waals surface area contributed by atoms with Crippen molar-refractivity contribution in [2.45, 2.75) is 46.3 Å². The Balaban J connectivity index is 1.89. The van der Waals surface area contributed by atoms with Crippen LogP contribution in [0.5, 0.6) is 0 Å². The molecular weight excluding hydrogens is 340 g/mol. The van der Waals surface area contributed by atoms with E-state index in [1.165, 1.54) is 0 Å². The Morgan fingerprint density at radius 3 is 2.41 bits per heavy atom. The van der Waals surface area contributed by atoms with E-state index in [2.05, 4.69) is 37.9 Å². The first-order chi connectivity index (χ1) is 12.9. The summed E-state index contributed by atoms with van der Waals surface area (Å²) in [6.07, 6.45) is 1.33. The Bertz CT molecular complexity index is 755. The normalized spacial score (nSPS) is 20.9. The summed E-state index contributed by atoms with van der Waals surface area (Å²) in [5, 5.41) is 3.57. The van der Waals surface area contributed by atoms with Gasteiger partial charge in [-0.05, 0) is 37.8 Å². The van der Waals surface area contributed by atoms with Crippen molar-refractivity contribution in [1.82, 2.24) is 9.97 Å². The predicted molar refractivity (Wildman–Crippen MR) is 111 cm³/mol. The van der Waals surface area contributed by atoms with E-state index in [1.807, 2.05) is 24.3 Å². The lowest BCUT2D eigenvalue weighted by atomic mass is 9.90. The number of rotatable bonds is 7. The molecule has 2 aromatic rings. The lowest BCUT2D eigenvalue weighted by Crippen LogP contribution is -2.46. The van der Waals surface area contributed by atoms with Crippen LogP contribution in [0.3, 0.4) is 0 Å². The van der Waals surface area contributed by atoms with Crippen molar-refractivity contribution < 1.29 is 9.47 Å². The van der Waals surface area contributed by atoms with E-state index in [1.54, 1.807) is 7.11 Å². The van der Waals surface area contributed by atoms with Crippen molar-refractivity contribution in [3.05, 3.63) is 24.3 Å². The van der Waals surface area contributed by atoms with E-state index >= 15 is 0 Å². The molecular formula is C21H32N4O2. The van der Waals surface area contributed by atoms with Gasteiger partial charge in [0.25, 0.3) is 0 Å². The van der Waals surface area contributed by atoms with Gasteiger partial charge in [-0.3, -0.25) is 0 Å². The summed E-state index contributed by atoms with van der Waals surface area (Å²) in [5.74, 6) is 1.76. The molecule has 0 saturated carbocycles. The van der Waals surface area contributed by atoms with Gasteiger partial charge in [-0.1, -0.05) is 26.0 Å². The third kappa shape index (κ3) is 5.08. The molecule has 1 aromatic carbocycles. The molecule has 1 saturated heterocycles. The molecule has 1 aliphatic rings. The molecule has 1 aromatic heterocycles. The van der Waals surface area contributed by atoms with Crippen molar-refractivity contribution in [3.8, 4) is 0 Å². The van der Waals surface area contributed by atoms with Crippen LogP contribution in [-0.2, 0) is 9.47 Å². The topological polar surface area (TPSA) is 59.5 Å². The van der Waals surface area contributed by atoms with Crippen LogP contribution in [0, 0.1) is 5.41 Å². The van der Waals surface area contributed by atoms with E-state index in [4.69, 9.17) is 19.4 Å². The molecule has 6 heteroatoms. The average molecular weight is 373 g/mol. The van der Waals surface area contributed by atoms with Crippen molar-refractivity contribution in [2.24, 2.45) is 5.41 Å². The van der Waals surface area contributed by atoms with E-state index in [9.17, 15) is 0 Å². The minimum absolute atomic E-state index is 0.103. The maximum absolute atomic E-state index is 5.90.